The molecule has 0 fully saturated rings. The zero-order valence-electron chi connectivity index (χ0n) is 13.9. The van der Waals surface area contributed by atoms with Crippen molar-refractivity contribution in [2.24, 2.45) is 0 Å². The molecule has 0 aliphatic rings. The minimum atomic E-state index is -4.93. The highest BCUT2D eigenvalue weighted by Crippen LogP contribution is 2.16. The van der Waals surface area contributed by atoms with Crippen molar-refractivity contribution in [3.63, 3.8) is 0 Å². The zero-order valence-corrected chi connectivity index (χ0v) is 13.9. The molecule has 8 heteroatoms. The second-order valence-corrected chi connectivity index (χ2v) is 5.53. The highest BCUT2D eigenvalue weighted by atomic mass is 19.4. The molecule has 2 aromatic rings. The van der Waals surface area contributed by atoms with Gasteiger partial charge in [0.1, 0.15) is 5.75 Å². The molecule has 2 aromatic carbocycles. The van der Waals surface area contributed by atoms with Gasteiger partial charge in [0.25, 0.3) is 5.91 Å². The number of carbonyl (C=O) groups is 2. The molecule has 0 aromatic heterocycles. The Bertz CT molecular complexity index is 774. The van der Waals surface area contributed by atoms with Gasteiger partial charge in [0.05, 0.1) is 0 Å². The zero-order chi connectivity index (χ0) is 19.2. The van der Waals surface area contributed by atoms with Crippen LogP contribution >= 0.6 is 0 Å². The van der Waals surface area contributed by atoms with Crippen molar-refractivity contribution in [3.05, 3.63) is 59.7 Å². The number of alkyl halides is 3. The second kappa shape index (κ2) is 8.37. The summed E-state index contributed by atoms with van der Waals surface area (Å²) in [5, 5.41) is 4.35. The monoisotopic (exact) mass is 366 g/mol. The first-order valence-electron chi connectivity index (χ1n) is 7.67. The number of amides is 2. The maximum atomic E-state index is 12.2. The molecule has 0 atom stereocenters. The lowest BCUT2D eigenvalue weighted by atomic mass is 10.2. The minimum absolute atomic E-state index is 0.210. The molecule has 0 aliphatic carbocycles. The highest BCUT2D eigenvalue weighted by molar-refractivity contribution is 5.92. The van der Waals surface area contributed by atoms with Crippen LogP contribution in [0, 0.1) is 6.92 Å². The number of hydrogen-bond acceptors (Lipinski definition) is 3. The van der Waals surface area contributed by atoms with E-state index in [0.29, 0.717) is 17.0 Å². The lowest BCUT2D eigenvalue weighted by molar-refractivity contribution is -0.173. The van der Waals surface area contributed by atoms with Crippen LogP contribution in [0.1, 0.15) is 11.1 Å². The molecular formula is C18H17F3N2O3. The van der Waals surface area contributed by atoms with Gasteiger partial charge < -0.3 is 15.4 Å². The first-order valence-corrected chi connectivity index (χ1v) is 7.67. The summed E-state index contributed by atoms with van der Waals surface area (Å²) >= 11 is 0. The van der Waals surface area contributed by atoms with E-state index >= 15 is 0 Å². The Labute approximate surface area is 148 Å². The van der Waals surface area contributed by atoms with Crippen molar-refractivity contribution in [1.82, 2.24) is 5.32 Å². The molecule has 0 spiro atoms. The third kappa shape index (κ3) is 6.12. The van der Waals surface area contributed by atoms with Crippen LogP contribution in [0.4, 0.5) is 18.9 Å². The van der Waals surface area contributed by atoms with E-state index in [0.717, 1.165) is 5.56 Å². The van der Waals surface area contributed by atoms with Crippen LogP contribution in [0.2, 0.25) is 0 Å². The summed E-state index contributed by atoms with van der Waals surface area (Å²) in [7, 11) is 0. The Kier molecular flexibility index (Phi) is 6.21. The lowest BCUT2D eigenvalue weighted by Gasteiger charge is -2.10. The molecule has 26 heavy (non-hydrogen) atoms. The molecule has 0 heterocycles. The molecular weight excluding hydrogens is 349 g/mol. The fraction of sp³-hybridized carbons (Fsp3) is 0.222. The van der Waals surface area contributed by atoms with Crippen LogP contribution in [0.25, 0.3) is 0 Å². The van der Waals surface area contributed by atoms with Gasteiger partial charge in [0.2, 0.25) is 0 Å². The maximum absolute atomic E-state index is 12.2. The van der Waals surface area contributed by atoms with Crippen molar-refractivity contribution in [2.45, 2.75) is 19.6 Å². The largest absolute Gasteiger partial charge is 0.484 e. The Morgan fingerprint density at radius 2 is 1.77 bits per heavy atom. The van der Waals surface area contributed by atoms with Crippen molar-refractivity contribution >= 4 is 17.5 Å². The maximum Gasteiger partial charge on any atom is 0.471 e. The molecule has 0 saturated heterocycles. The molecule has 138 valence electrons. The molecule has 0 saturated carbocycles. The van der Waals surface area contributed by atoms with Crippen molar-refractivity contribution < 1.29 is 27.5 Å². The van der Waals surface area contributed by atoms with Gasteiger partial charge in [-0.1, -0.05) is 29.8 Å². The van der Waals surface area contributed by atoms with Gasteiger partial charge >= 0.3 is 12.1 Å². The van der Waals surface area contributed by atoms with E-state index in [1.54, 1.807) is 29.6 Å². The molecule has 0 bridgehead atoms. The average molecular weight is 366 g/mol. The van der Waals surface area contributed by atoms with Gasteiger partial charge in [-0.3, -0.25) is 9.59 Å². The number of carbonyl (C=O) groups excluding carboxylic acids is 2. The number of ether oxygens (including phenoxy) is 1. The number of rotatable bonds is 6. The predicted molar refractivity (Wildman–Crippen MR) is 89.6 cm³/mol. The summed E-state index contributed by atoms with van der Waals surface area (Å²) in [5.74, 6) is -1.88. The molecule has 2 rings (SSSR count). The normalized spacial score (nSPS) is 10.9. The number of benzene rings is 2. The summed E-state index contributed by atoms with van der Waals surface area (Å²) in [6.07, 6.45) is -4.93. The van der Waals surface area contributed by atoms with Crippen LogP contribution < -0.4 is 15.4 Å². The highest BCUT2D eigenvalue weighted by Gasteiger charge is 2.38. The number of aryl methyl sites for hydroxylation is 1. The van der Waals surface area contributed by atoms with Gasteiger partial charge in [0.15, 0.2) is 6.61 Å². The third-order valence-corrected chi connectivity index (χ3v) is 3.31. The summed E-state index contributed by atoms with van der Waals surface area (Å²) in [6.45, 7) is 1.42. The van der Waals surface area contributed by atoms with E-state index in [1.165, 1.54) is 12.1 Å². The van der Waals surface area contributed by atoms with Gasteiger partial charge in [0, 0.05) is 12.2 Å². The fourth-order valence-corrected chi connectivity index (χ4v) is 2.02. The van der Waals surface area contributed by atoms with E-state index in [-0.39, 0.29) is 13.2 Å². The Hall–Kier alpha value is -3.03. The van der Waals surface area contributed by atoms with Crippen LogP contribution in [-0.2, 0) is 16.1 Å². The Morgan fingerprint density at radius 3 is 2.42 bits per heavy atom. The van der Waals surface area contributed by atoms with E-state index in [1.807, 2.05) is 19.1 Å². The van der Waals surface area contributed by atoms with Gasteiger partial charge in [-0.15, -0.1) is 0 Å². The number of halogens is 3. The average Bonchev–Trinajstić information content (AvgIpc) is 2.58. The fourth-order valence-electron chi connectivity index (χ4n) is 2.02. The molecule has 0 unspecified atom stereocenters. The van der Waals surface area contributed by atoms with Crippen LogP contribution in [-0.4, -0.2) is 24.6 Å². The number of hydrogen-bond donors (Lipinski definition) is 2. The number of anilines is 1. The van der Waals surface area contributed by atoms with Crippen LogP contribution in [0.5, 0.6) is 5.75 Å². The van der Waals surface area contributed by atoms with Gasteiger partial charge in [-0.25, -0.2) is 0 Å². The van der Waals surface area contributed by atoms with Crippen LogP contribution in [0.15, 0.2) is 48.5 Å². The summed E-state index contributed by atoms with van der Waals surface area (Å²) in [5.41, 5.74) is 1.87. The van der Waals surface area contributed by atoms with Gasteiger partial charge in [-0.05, 0) is 36.8 Å². The smallest absolute Gasteiger partial charge is 0.471 e. The Morgan fingerprint density at radius 1 is 1.08 bits per heavy atom. The van der Waals surface area contributed by atoms with Gasteiger partial charge in [-0.2, -0.15) is 13.2 Å². The topological polar surface area (TPSA) is 67.4 Å². The predicted octanol–water partition coefficient (Wildman–Crippen LogP) is 3.19. The molecule has 0 aliphatic heterocycles. The summed E-state index contributed by atoms with van der Waals surface area (Å²) < 4.78 is 41.8. The summed E-state index contributed by atoms with van der Waals surface area (Å²) in [4.78, 5) is 22.7. The standard InChI is InChI=1S/C18H17F3N2O3/c1-12-5-7-15(8-6-12)26-11-16(24)23-14-4-2-3-13(9-14)10-22-17(25)18(19,20)21/h2-9H,10-11H2,1H3,(H,22,25)(H,23,24). The lowest BCUT2D eigenvalue weighted by Crippen LogP contribution is -2.36. The SMILES string of the molecule is Cc1ccc(OCC(=O)Nc2cccc(CNC(=O)C(F)(F)F)c2)cc1. The van der Waals surface area contributed by atoms with E-state index in [9.17, 15) is 22.8 Å². The van der Waals surface area contributed by atoms with E-state index in [4.69, 9.17) is 4.74 Å². The molecule has 2 N–H and O–H groups in total. The first-order chi connectivity index (χ1) is 12.2. The Balaban J connectivity index is 1.86. The molecule has 5 nitrogen and oxygen atoms in total. The second-order valence-electron chi connectivity index (χ2n) is 5.53. The third-order valence-electron chi connectivity index (χ3n) is 3.31. The molecule has 2 amide bonds. The van der Waals surface area contributed by atoms with E-state index in [2.05, 4.69) is 5.32 Å². The minimum Gasteiger partial charge on any atom is -0.484 e. The van der Waals surface area contributed by atoms with Crippen molar-refractivity contribution in [3.8, 4) is 5.75 Å². The number of nitrogens with one attached hydrogen (secondary N) is 2. The van der Waals surface area contributed by atoms with E-state index < -0.39 is 18.0 Å². The quantitative estimate of drug-likeness (QED) is 0.825. The van der Waals surface area contributed by atoms with Crippen LogP contribution in [0.3, 0.4) is 0 Å². The van der Waals surface area contributed by atoms with Crippen molar-refractivity contribution in [1.29, 1.82) is 0 Å². The first kappa shape index (κ1) is 19.3. The van der Waals surface area contributed by atoms with Crippen molar-refractivity contribution in [2.75, 3.05) is 11.9 Å². The summed E-state index contributed by atoms with van der Waals surface area (Å²) in [6, 6.07) is 13.3. The molecule has 0 radical (unpaired) electrons.